The number of thiazole rings is 1. The van der Waals surface area contributed by atoms with Gasteiger partial charge in [0.05, 0.1) is 10.7 Å². The largest absolute Gasteiger partial charge is 0.480 e. The third-order valence-electron chi connectivity index (χ3n) is 2.68. The predicted octanol–water partition coefficient (Wildman–Crippen LogP) is 0.391. The molecular formula is C12H18N4O4S. The first kappa shape index (κ1) is 16.9. The summed E-state index contributed by atoms with van der Waals surface area (Å²) in [6.45, 7) is 3.73. The maximum Gasteiger partial charge on any atom is 0.326 e. The Morgan fingerprint density at radius 3 is 2.52 bits per heavy atom. The van der Waals surface area contributed by atoms with Crippen LogP contribution in [-0.2, 0) is 4.79 Å². The number of carboxylic acids is 1. The molecule has 1 aromatic heterocycles. The number of urea groups is 1. The second-order valence-corrected chi connectivity index (χ2v) is 5.65. The van der Waals surface area contributed by atoms with E-state index in [9.17, 15) is 14.4 Å². The minimum atomic E-state index is -1.12. The summed E-state index contributed by atoms with van der Waals surface area (Å²) in [7, 11) is 0. The number of nitrogens with one attached hydrogen (secondary N) is 2. The fourth-order valence-corrected chi connectivity index (χ4v) is 2.56. The molecule has 0 saturated heterocycles. The Morgan fingerprint density at radius 2 is 2.05 bits per heavy atom. The van der Waals surface area contributed by atoms with Gasteiger partial charge in [-0.2, -0.15) is 0 Å². The van der Waals surface area contributed by atoms with E-state index in [4.69, 9.17) is 10.8 Å². The number of hydrogen-bond acceptors (Lipinski definition) is 5. The van der Waals surface area contributed by atoms with Crippen LogP contribution in [0.25, 0.3) is 0 Å². The van der Waals surface area contributed by atoms with Crippen LogP contribution >= 0.6 is 11.3 Å². The Hall–Kier alpha value is -2.16. The van der Waals surface area contributed by atoms with Crippen molar-refractivity contribution in [2.24, 2.45) is 5.73 Å². The minimum absolute atomic E-state index is 0.193. The summed E-state index contributed by atoms with van der Waals surface area (Å²) in [5, 5.41) is 14.7. The Labute approximate surface area is 125 Å². The predicted molar refractivity (Wildman–Crippen MR) is 77.3 cm³/mol. The zero-order valence-corrected chi connectivity index (χ0v) is 12.6. The number of carbonyl (C=O) groups is 3. The summed E-state index contributed by atoms with van der Waals surface area (Å²) in [5.41, 5.74) is 5.48. The maximum atomic E-state index is 12.0. The van der Waals surface area contributed by atoms with Gasteiger partial charge in [-0.05, 0) is 26.7 Å². The normalized spacial score (nSPS) is 11.7. The zero-order valence-electron chi connectivity index (χ0n) is 11.8. The summed E-state index contributed by atoms with van der Waals surface area (Å²) < 4.78 is 0. The number of nitrogens with two attached hydrogens (primary N) is 1. The number of primary amides is 1. The van der Waals surface area contributed by atoms with Gasteiger partial charge in [0.2, 0.25) is 0 Å². The highest BCUT2D eigenvalue weighted by molar-refractivity contribution is 7.13. The first-order valence-electron chi connectivity index (χ1n) is 6.32. The molecule has 5 N–H and O–H groups in total. The van der Waals surface area contributed by atoms with Crippen molar-refractivity contribution in [3.63, 3.8) is 0 Å². The highest BCUT2D eigenvalue weighted by atomic mass is 32.1. The van der Waals surface area contributed by atoms with Gasteiger partial charge in [-0.3, -0.25) is 4.79 Å². The molecule has 9 heteroatoms. The fraction of sp³-hybridized carbons (Fsp3) is 0.500. The lowest BCUT2D eigenvalue weighted by Crippen LogP contribution is -2.41. The number of hydrogen-bond donors (Lipinski definition) is 4. The molecule has 0 saturated carbocycles. The maximum absolute atomic E-state index is 12.0. The smallest absolute Gasteiger partial charge is 0.326 e. The Balaban J connectivity index is 2.58. The van der Waals surface area contributed by atoms with E-state index in [0.717, 1.165) is 5.01 Å². The van der Waals surface area contributed by atoms with Crippen LogP contribution in [0.2, 0.25) is 0 Å². The molecule has 0 bridgehead atoms. The lowest BCUT2D eigenvalue weighted by atomic mass is 10.1. The summed E-state index contributed by atoms with van der Waals surface area (Å²) in [5.74, 6) is -1.57. The molecule has 8 nitrogen and oxygen atoms in total. The number of rotatable bonds is 7. The lowest BCUT2D eigenvalue weighted by Gasteiger charge is -2.14. The zero-order chi connectivity index (χ0) is 16.0. The number of nitrogens with zero attached hydrogens (tertiary/aromatic N) is 1. The molecule has 1 aromatic rings. The quantitative estimate of drug-likeness (QED) is 0.540. The van der Waals surface area contributed by atoms with Gasteiger partial charge in [0.25, 0.3) is 5.91 Å². The highest BCUT2D eigenvalue weighted by Crippen LogP contribution is 2.17. The molecule has 116 valence electrons. The number of amides is 3. The third-order valence-corrected chi connectivity index (χ3v) is 3.75. The molecule has 0 aliphatic rings. The van der Waals surface area contributed by atoms with E-state index in [0.29, 0.717) is 17.0 Å². The number of aliphatic carboxylic acids is 1. The molecule has 0 radical (unpaired) electrons. The molecule has 1 heterocycles. The van der Waals surface area contributed by atoms with Crippen molar-refractivity contribution >= 4 is 29.2 Å². The Kier molecular flexibility index (Phi) is 6.10. The van der Waals surface area contributed by atoms with Crippen molar-refractivity contribution in [2.45, 2.75) is 32.7 Å². The molecule has 0 aliphatic heterocycles. The molecule has 0 spiro atoms. The molecule has 1 atom stereocenters. The van der Waals surface area contributed by atoms with E-state index in [2.05, 4.69) is 15.6 Å². The van der Waals surface area contributed by atoms with E-state index in [1.807, 2.05) is 0 Å². The average molecular weight is 314 g/mol. The van der Waals surface area contributed by atoms with Gasteiger partial charge in [0, 0.05) is 6.54 Å². The summed E-state index contributed by atoms with van der Waals surface area (Å²) in [6.07, 6.45) is 0.582. The second kappa shape index (κ2) is 7.58. The van der Waals surface area contributed by atoms with Crippen molar-refractivity contribution in [3.8, 4) is 0 Å². The van der Waals surface area contributed by atoms with Gasteiger partial charge >= 0.3 is 12.0 Å². The first-order valence-corrected chi connectivity index (χ1v) is 7.14. The molecule has 3 amide bonds. The number of aryl methyl sites for hydroxylation is 2. The van der Waals surface area contributed by atoms with E-state index in [1.54, 1.807) is 13.8 Å². The van der Waals surface area contributed by atoms with Crippen LogP contribution in [0.5, 0.6) is 0 Å². The first-order chi connectivity index (χ1) is 9.81. The fourth-order valence-electron chi connectivity index (χ4n) is 1.74. The van der Waals surface area contributed by atoms with E-state index in [-0.39, 0.29) is 13.0 Å². The number of carboxylic acid groups (broad SMARTS) is 1. The highest BCUT2D eigenvalue weighted by Gasteiger charge is 2.22. The molecule has 0 aliphatic carbocycles. The summed E-state index contributed by atoms with van der Waals surface area (Å²) >= 11 is 1.22. The van der Waals surface area contributed by atoms with E-state index in [1.165, 1.54) is 11.3 Å². The SMILES string of the molecule is Cc1nc(C)c(C(=O)N[C@H](CCCNC(N)=O)C(=O)O)s1. The number of aromatic nitrogens is 1. The van der Waals surface area contributed by atoms with Gasteiger partial charge in [-0.15, -0.1) is 11.3 Å². The van der Waals surface area contributed by atoms with Crippen LogP contribution in [0.3, 0.4) is 0 Å². The molecular weight excluding hydrogens is 296 g/mol. The topological polar surface area (TPSA) is 134 Å². The lowest BCUT2D eigenvalue weighted by molar-refractivity contribution is -0.139. The molecule has 1 rings (SSSR count). The van der Waals surface area contributed by atoms with Crippen molar-refractivity contribution in [1.29, 1.82) is 0 Å². The summed E-state index contributed by atoms with van der Waals surface area (Å²) in [4.78, 5) is 38.2. The van der Waals surface area contributed by atoms with Crippen molar-refractivity contribution in [3.05, 3.63) is 15.6 Å². The average Bonchev–Trinajstić information content (AvgIpc) is 2.71. The van der Waals surface area contributed by atoms with Crippen molar-refractivity contribution in [2.75, 3.05) is 6.54 Å². The van der Waals surface area contributed by atoms with Crippen LogP contribution in [-0.4, -0.2) is 40.6 Å². The van der Waals surface area contributed by atoms with Gasteiger partial charge in [-0.25, -0.2) is 14.6 Å². The molecule has 21 heavy (non-hydrogen) atoms. The molecule has 0 aromatic carbocycles. The van der Waals surface area contributed by atoms with Crippen LogP contribution in [0, 0.1) is 13.8 Å². The van der Waals surface area contributed by atoms with Crippen molar-refractivity contribution in [1.82, 2.24) is 15.6 Å². The second-order valence-electron chi connectivity index (χ2n) is 4.44. The van der Waals surface area contributed by atoms with Crippen LogP contribution < -0.4 is 16.4 Å². The number of carbonyl (C=O) groups excluding carboxylic acids is 2. The van der Waals surface area contributed by atoms with Crippen LogP contribution in [0.15, 0.2) is 0 Å². The van der Waals surface area contributed by atoms with Crippen molar-refractivity contribution < 1.29 is 19.5 Å². The van der Waals surface area contributed by atoms with Gasteiger partial charge < -0.3 is 21.5 Å². The molecule has 0 unspecified atom stereocenters. The Bertz CT molecular complexity index is 543. The van der Waals surface area contributed by atoms with Gasteiger partial charge in [0.1, 0.15) is 10.9 Å². The minimum Gasteiger partial charge on any atom is -0.480 e. The molecule has 0 fully saturated rings. The van der Waals surface area contributed by atoms with E-state index >= 15 is 0 Å². The monoisotopic (exact) mass is 314 g/mol. The van der Waals surface area contributed by atoms with Crippen LogP contribution in [0.4, 0.5) is 4.79 Å². The van der Waals surface area contributed by atoms with Crippen LogP contribution in [0.1, 0.15) is 33.2 Å². The van der Waals surface area contributed by atoms with Gasteiger partial charge in [-0.1, -0.05) is 0 Å². The van der Waals surface area contributed by atoms with Gasteiger partial charge in [0.15, 0.2) is 0 Å². The third kappa shape index (κ3) is 5.38. The van der Waals surface area contributed by atoms with E-state index < -0.39 is 23.9 Å². The Morgan fingerprint density at radius 1 is 1.38 bits per heavy atom. The standard InChI is InChI=1S/C12H18N4O4S/c1-6-9(21-7(2)15-6)10(17)16-8(11(18)19)4-3-5-14-12(13)20/h8H,3-5H2,1-2H3,(H,16,17)(H,18,19)(H3,13,14,20)/t8-/m1/s1. The summed E-state index contributed by atoms with van der Waals surface area (Å²) in [6, 6.07) is -1.68.